The molecule has 1 amide bonds. The Kier molecular flexibility index (Phi) is 5.46. The van der Waals surface area contributed by atoms with Gasteiger partial charge in [-0.1, -0.05) is 36.4 Å². The molecule has 1 saturated heterocycles. The number of nitrogens with one attached hydrogen (secondary N) is 1. The molecule has 29 heavy (non-hydrogen) atoms. The largest absolute Gasteiger partial charge is 0.496 e. The van der Waals surface area contributed by atoms with E-state index in [0.29, 0.717) is 5.75 Å². The molecule has 1 aliphatic carbocycles. The molecule has 6 heteroatoms. The first-order chi connectivity index (χ1) is 13.9. The SMILES string of the molecule is COc1cc(-c2cccc(C3=CCCCC3)c2)ccc1C1CC(=O)NS(=O)(=O)C1. The third-order valence-electron chi connectivity index (χ3n) is 5.65. The van der Waals surface area contributed by atoms with Crippen LogP contribution in [0.4, 0.5) is 0 Å². The summed E-state index contributed by atoms with van der Waals surface area (Å²) >= 11 is 0. The van der Waals surface area contributed by atoms with Crippen molar-refractivity contribution in [2.75, 3.05) is 12.9 Å². The highest BCUT2D eigenvalue weighted by Gasteiger charge is 2.32. The van der Waals surface area contributed by atoms with Crippen LogP contribution in [0.1, 0.15) is 49.1 Å². The fourth-order valence-electron chi connectivity index (χ4n) is 4.23. The molecule has 2 aliphatic rings. The van der Waals surface area contributed by atoms with E-state index in [1.54, 1.807) is 7.11 Å². The molecule has 1 N–H and O–H groups in total. The molecular formula is C23H25NO4S. The maximum Gasteiger partial charge on any atom is 0.235 e. The van der Waals surface area contributed by atoms with Crippen LogP contribution in [0, 0.1) is 0 Å². The predicted molar refractivity (Wildman–Crippen MR) is 114 cm³/mol. The summed E-state index contributed by atoms with van der Waals surface area (Å²) < 4.78 is 31.5. The molecule has 5 nitrogen and oxygen atoms in total. The van der Waals surface area contributed by atoms with Crippen LogP contribution in [-0.4, -0.2) is 27.2 Å². The first-order valence-corrected chi connectivity index (χ1v) is 11.6. The second kappa shape index (κ2) is 8.03. The number of benzene rings is 2. The van der Waals surface area contributed by atoms with E-state index in [1.165, 1.54) is 24.0 Å². The van der Waals surface area contributed by atoms with Gasteiger partial charge in [-0.25, -0.2) is 8.42 Å². The number of carbonyl (C=O) groups excluding carboxylic acids is 1. The Labute approximate surface area is 171 Å². The van der Waals surface area contributed by atoms with E-state index in [0.717, 1.165) is 29.5 Å². The maximum absolute atomic E-state index is 11.9. The fourth-order valence-corrected chi connectivity index (χ4v) is 5.57. The van der Waals surface area contributed by atoms with Crippen molar-refractivity contribution in [2.24, 2.45) is 0 Å². The number of sulfonamides is 1. The quantitative estimate of drug-likeness (QED) is 0.816. The van der Waals surface area contributed by atoms with Crippen LogP contribution in [0.15, 0.2) is 48.5 Å². The number of carbonyl (C=O) groups is 1. The third kappa shape index (κ3) is 4.37. The van der Waals surface area contributed by atoms with Crippen LogP contribution in [0.3, 0.4) is 0 Å². The highest BCUT2D eigenvalue weighted by Crippen LogP contribution is 2.36. The standard InChI is InChI=1S/C23H25NO4S/c1-28-22-13-19(10-11-21(22)20-14-23(25)24-29(26,27)15-20)18-9-5-8-17(12-18)16-6-3-2-4-7-16/h5-6,8-13,20H,2-4,7,14-15H2,1H3,(H,24,25). The van der Waals surface area contributed by atoms with E-state index in [-0.39, 0.29) is 12.2 Å². The molecule has 0 saturated carbocycles. The lowest BCUT2D eigenvalue weighted by molar-refractivity contribution is -0.119. The molecule has 0 spiro atoms. The molecule has 0 bridgehead atoms. The molecule has 2 aromatic rings. The summed E-state index contributed by atoms with van der Waals surface area (Å²) in [4.78, 5) is 11.8. The lowest BCUT2D eigenvalue weighted by atomic mass is 9.90. The van der Waals surface area contributed by atoms with Gasteiger partial charge >= 0.3 is 0 Å². The van der Waals surface area contributed by atoms with Crippen molar-refractivity contribution in [3.05, 3.63) is 59.7 Å². The van der Waals surface area contributed by atoms with Gasteiger partial charge in [0.15, 0.2) is 0 Å². The van der Waals surface area contributed by atoms with Crippen molar-refractivity contribution in [3.63, 3.8) is 0 Å². The van der Waals surface area contributed by atoms with Crippen LogP contribution in [-0.2, 0) is 14.8 Å². The van der Waals surface area contributed by atoms with E-state index < -0.39 is 21.8 Å². The van der Waals surface area contributed by atoms with Crippen molar-refractivity contribution < 1.29 is 17.9 Å². The normalized spacial score (nSPS) is 21.2. The van der Waals surface area contributed by atoms with Gasteiger partial charge in [0.2, 0.25) is 15.9 Å². The fraction of sp³-hybridized carbons (Fsp3) is 0.348. The molecule has 1 atom stereocenters. The van der Waals surface area contributed by atoms with Gasteiger partial charge in [-0.15, -0.1) is 0 Å². The highest BCUT2D eigenvalue weighted by atomic mass is 32.2. The topological polar surface area (TPSA) is 72.5 Å². The minimum atomic E-state index is -3.60. The summed E-state index contributed by atoms with van der Waals surface area (Å²) in [5, 5.41) is 0. The van der Waals surface area contributed by atoms with E-state index in [9.17, 15) is 13.2 Å². The number of ether oxygens (including phenoxy) is 1. The maximum atomic E-state index is 11.9. The van der Waals surface area contributed by atoms with Crippen LogP contribution >= 0.6 is 0 Å². The first-order valence-electron chi connectivity index (χ1n) is 9.96. The van der Waals surface area contributed by atoms with E-state index in [1.807, 2.05) is 18.2 Å². The second-order valence-corrected chi connectivity index (χ2v) is 9.49. The average molecular weight is 412 g/mol. The number of hydrogen-bond donors (Lipinski definition) is 1. The molecule has 0 radical (unpaired) electrons. The molecule has 2 aromatic carbocycles. The summed E-state index contributed by atoms with van der Waals surface area (Å²) in [6, 6.07) is 14.3. The van der Waals surface area contributed by atoms with Crippen molar-refractivity contribution >= 4 is 21.5 Å². The van der Waals surface area contributed by atoms with Crippen molar-refractivity contribution in [2.45, 2.75) is 38.0 Å². The molecule has 1 fully saturated rings. The van der Waals surface area contributed by atoms with Gasteiger partial charge in [-0.2, -0.15) is 0 Å². The Morgan fingerprint density at radius 1 is 1.03 bits per heavy atom. The smallest absolute Gasteiger partial charge is 0.235 e. The molecule has 4 rings (SSSR count). The average Bonchev–Trinajstić information content (AvgIpc) is 2.72. The van der Waals surface area contributed by atoms with Crippen LogP contribution in [0.2, 0.25) is 0 Å². The van der Waals surface area contributed by atoms with Gasteiger partial charge in [0.05, 0.1) is 12.9 Å². The van der Waals surface area contributed by atoms with E-state index in [4.69, 9.17) is 4.74 Å². The number of amides is 1. The Balaban J connectivity index is 1.67. The number of hydrogen-bond acceptors (Lipinski definition) is 4. The Morgan fingerprint density at radius 2 is 1.83 bits per heavy atom. The molecule has 152 valence electrons. The van der Waals surface area contributed by atoms with Crippen LogP contribution < -0.4 is 9.46 Å². The summed E-state index contributed by atoms with van der Waals surface area (Å²) in [5.74, 6) is -0.380. The zero-order valence-electron chi connectivity index (χ0n) is 16.5. The van der Waals surface area contributed by atoms with Gasteiger partial charge in [-0.05, 0) is 65.6 Å². The molecule has 1 heterocycles. The number of methoxy groups -OCH3 is 1. The van der Waals surface area contributed by atoms with Gasteiger partial charge in [0.1, 0.15) is 5.75 Å². The molecule has 1 unspecified atom stereocenters. The lowest BCUT2D eigenvalue weighted by Gasteiger charge is -2.24. The monoisotopic (exact) mass is 411 g/mol. The third-order valence-corrected chi connectivity index (χ3v) is 7.03. The Bertz CT molecular complexity index is 1070. The van der Waals surface area contributed by atoms with Gasteiger partial charge in [0.25, 0.3) is 0 Å². The van der Waals surface area contributed by atoms with Crippen molar-refractivity contribution in [1.82, 2.24) is 4.72 Å². The summed E-state index contributed by atoms with van der Waals surface area (Å²) in [6.45, 7) is 0. The number of rotatable bonds is 4. The van der Waals surface area contributed by atoms with Gasteiger partial charge in [-0.3, -0.25) is 9.52 Å². The van der Waals surface area contributed by atoms with Crippen molar-refractivity contribution in [3.8, 4) is 16.9 Å². The second-order valence-electron chi connectivity index (χ2n) is 7.72. The first kappa shape index (κ1) is 19.7. The lowest BCUT2D eigenvalue weighted by Crippen LogP contribution is -2.40. The minimum Gasteiger partial charge on any atom is -0.496 e. The van der Waals surface area contributed by atoms with E-state index in [2.05, 4.69) is 35.1 Å². The van der Waals surface area contributed by atoms with Crippen molar-refractivity contribution in [1.29, 1.82) is 0 Å². The minimum absolute atomic E-state index is 0.113. The summed E-state index contributed by atoms with van der Waals surface area (Å²) in [7, 11) is -2.02. The summed E-state index contributed by atoms with van der Waals surface area (Å²) in [6.07, 6.45) is 7.22. The molecular weight excluding hydrogens is 386 g/mol. The summed E-state index contributed by atoms with van der Waals surface area (Å²) in [5.41, 5.74) is 5.50. The van der Waals surface area contributed by atoms with E-state index >= 15 is 0 Å². The molecule has 1 aliphatic heterocycles. The van der Waals surface area contributed by atoms with Gasteiger partial charge < -0.3 is 4.74 Å². The van der Waals surface area contributed by atoms with Gasteiger partial charge in [0, 0.05) is 12.3 Å². The Hall–Kier alpha value is -2.60. The van der Waals surface area contributed by atoms with Crippen LogP contribution in [0.5, 0.6) is 5.75 Å². The zero-order valence-corrected chi connectivity index (χ0v) is 17.3. The van der Waals surface area contributed by atoms with Crippen LogP contribution in [0.25, 0.3) is 16.7 Å². The molecule has 0 aromatic heterocycles. The predicted octanol–water partition coefficient (Wildman–Crippen LogP) is 4.25. The number of allylic oxidation sites excluding steroid dienone is 2. The highest BCUT2D eigenvalue weighted by molar-refractivity contribution is 7.90. The Morgan fingerprint density at radius 3 is 2.55 bits per heavy atom. The zero-order chi connectivity index (χ0) is 20.4.